The first-order valence-corrected chi connectivity index (χ1v) is 12.0. The molecule has 3 fully saturated rings. The Balaban J connectivity index is 1.14. The minimum absolute atomic E-state index is 0.0990. The molecule has 2 aliphatic carbocycles. The van der Waals surface area contributed by atoms with Crippen LogP contribution in [0.15, 0.2) is 24.4 Å². The van der Waals surface area contributed by atoms with Gasteiger partial charge < -0.3 is 15.0 Å². The molecule has 10 heteroatoms. The molecular formula is C22H26F2N6OS. The van der Waals surface area contributed by atoms with Gasteiger partial charge in [0, 0.05) is 44.1 Å². The molecule has 1 aliphatic heterocycles. The van der Waals surface area contributed by atoms with E-state index >= 15 is 0 Å². The first-order valence-electron chi connectivity index (χ1n) is 11.2. The van der Waals surface area contributed by atoms with Crippen LogP contribution in [0.5, 0.6) is 5.75 Å². The summed E-state index contributed by atoms with van der Waals surface area (Å²) in [7, 11) is 0. The average molecular weight is 461 g/mol. The maximum Gasteiger partial charge on any atom is 0.248 e. The fraction of sp³-hybridized carbons (Fsp3) is 0.591. The molecular weight excluding hydrogens is 434 g/mol. The van der Waals surface area contributed by atoms with Crippen molar-refractivity contribution in [3.05, 3.63) is 30.1 Å². The van der Waals surface area contributed by atoms with Gasteiger partial charge in [-0.25, -0.2) is 13.3 Å². The summed E-state index contributed by atoms with van der Waals surface area (Å²) in [5.41, 5.74) is 1.70. The number of ether oxygens (including phenoxy) is 1. The molecule has 3 aliphatic rings. The zero-order valence-electron chi connectivity index (χ0n) is 17.9. The van der Waals surface area contributed by atoms with Crippen LogP contribution in [-0.2, 0) is 0 Å². The Labute approximate surface area is 188 Å². The quantitative estimate of drug-likeness (QED) is 0.593. The summed E-state index contributed by atoms with van der Waals surface area (Å²) in [6.07, 6.45) is 4.03. The summed E-state index contributed by atoms with van der Waals surface area (Å²) in [5.74, 6) is -0.368. The summed E-state index contributed by atoms with van der Waals surface area (Å²) in [6, 6.07) is 6.19. The molecule has 4 heterocycles. The standard InChI is InChI=1S/C22H26F2N6OS/c1-13-7-18(32-28-13)29-10-15-4-5-16(11-29)19(15)25-21-26-20-17(3-2-6-30(20)27-21)31-12-14-8-22(23,24)9-14/h2-3,6-7,14-16,19H,4-5,8-12H2,1H3,(H,25,27). The van der Waals surface area contributed by atoms with Crippen molar-refractivity contribution in [2.45, 2.75) is 44.6 Å². The van der Waals surface area contributed by atoms with Gasteiger partial charge in [0.15, 0.2) is 11.4 Å². The molecule has 0 spiro atoms. The second-order valence-corrected chi connectivity index (χ2v) is 10.3. The van der Waals surface area contributed by atoms with E-state index in [-0.39, 0.29) is 25.4 Å². The summed E-state index contributed by atoms with van der Waals surface area (Å²) in [4.78, 5) is 7.15. The number of anilines is 2. The lowest BCUT2D eigenvalue weighted by Gasteiger charge is -2.38. The number of aromatic nitrogens is 4. The summed E-state index contributed by atoms with van der Waals surface area (Å²) in [5, 5.41) is 9.46. The number of rotatable bonds is 6. The summed E-state index contributed by atoms with van der Waals surface area (Å²) < 4.78 is 38.2. The lowest BCUT2D eigenvalue weighted by molar-refractivity contribution is -0.119. The fourth-order valence-corrected chi connectivity index (χ4v) is 6.23. The zero-order valence-corrected chi connectivity index (χ0v) is 18.7. The van der Waals surface area contributed by atoms with Gasteiger partial charge in [-0.05, 0) is 61.3 Å². The van der Waals surface area contributed by atoms with E-state index in [9.17, 15) is 8.78 Å². The minimum Gasteiger partial charge on any atom is -0.489 e. The van der Waals surface area contributed by atoms with Crippen molar-refractivity contribution >= 4 is 28.1 Å². The lowest BCUT2D eigenvalue weighted by atomic mass is 9.82. The van der Waals surface area contributed by atoms with Crippen molar-refractivity contribution in [1.82, 2.24) is 19.0 Å². The van der Waals surface area contributed by atoms with E-state index in [1.807, 2.05) is 25.3 Å². The van der Waals surface area contributed by atoms with Crippen molar-refractivity contribution in [2.75, 3.05) is 29.9 Å². The Bertz CT molecular complexity index is 1110. The largest absolute Gasteiger partial charge is 0.489 e. The summed E-state index contributed by atoms with van der Waals surface area (Å²) in [6.45, 7) is 4.36. The molecule has 1 saturated heterocycles. The Kier molecular flexibility index (Phi) is 4.74. The molecule has 2 saturated carbocycles. The number of fused-ring (bicyclic) bond motifs is 3. The van der Waals surface area contributed by atoms with Gasteiger partial charge in [0.2, 0.25) is 11.9 Å². The molecule has 0 amide bonds. The van der Waals surface area contributed by atoms with Crippen LogP contribution in [0, 0.1) is 24.7 Å². The van der Waals surface area contributed by atoms with Gasteiger partial charge in [0.05, 0.1) is 12.3 Å². The van der Waals surface area contributed by atoms with Crippen molar-refractivity contribution in [3.63, 3.8) is 0 Å². The maximum absolute atomic E-state index is 13.1. The van der Waals surface area contributed by atoms with Crippen molar-refractivity contribution in [3.8, 4) is 5.75 Å². The van der Waals surface area contributed by atoms with Gasteiger partial charge in [-0.2, -0.15) is 9.36 Å². The molecule has 6 rings (SSSR count). The normalized spacial score (nSPS) is 27.0. The van der Waals surface area contributed by atoms with Crippen LogP contribution in [0.3, 0.4) is 0 Å². The number of hydrogen-bond donors (Lipinski definition) is 1. The molecule has 2 unspecified atom stereocenters. The number of pyridine rings is 1. The highest BCUT2D eigenvalue weighted by atomic mass is 32.1. The third-order valence-corrected chi connectivity index (χ3v) is 7.97. The number of hydrogen-bond acceptors (Lipinski definition) is 7. The number of alkyl halides is 2. The minimum atomic E-state index is -2.53. The van der Waals surface area contributed by atoms with Crippen molar-refractivity contribution < 1.29 is 13.5 Å². The number of piperidine rings is 1. The molecule has 1 N–H and O–H groups in total. The van der Waals surface area contributed by atoms with Gasteiger partial charge in [-0.1, -0.05) is 0 Å². The zero-order chi connectivity index (χ0) is 21.9. The second-order valence-electron chi connectivity index (χ2n) is 9.50. The van der Waals surface area contributed by atoms with E-state index < -0.39 is 5.92 Å². The van der Waals surface area contributed by atoms with Gasteiger partial charge in [0.25, 0.3) is 0 Å². The predicted molar refractivity (Wildman–Crippen MR) is 119 cm³/mol. The van der Waals surface area contributed by atoms with E-state index in [1.165, 1.54) is 17.8 Å². The van der Waals surface area contributed by atoms with E-state index in [2.05, 4.69) is 30.7 Å². The molecule has 0 aromatic carbocycles. The van der Waals surface area contributed by atoms with E-state index in [1.54, 1.807) is 16.0 Å². The number of nitrogens with zero attached hydrogens (tertiary/aromatic N) is 5. The molecule has 0 radical (unpaired) electrons. The number of halogens is 2. The smallest absolute Gasteiger partial charge is 0.248 e. The highest BCUT2D eigenvalue weighted by Crippen LogP contribution is 2.43. The number of aryl methyl sites for hydroxylation is 1. The first-order chi connectivity index (χ1) is 15.4. The Hall–Kier alpha value is -2.49. The van der Waals surface area contributed by atoms with Gasteiger partial charge in [-0.15, -0.1) is 5.10 Å². The van der Waals surface area contributed by atoms with E-state index in [4.69, 9.17) is 4.74 Å². The fourth-order valence-electron chi connectivity index (χ4n) is 5.45. The predicted octanol–water partition coefficient (Wildman–Crippen LogP) is 4.25. The highest BCUT2D eigenvalue weighted by molar-refractivity contribution is 7.10. The Morgan fingerprint density at radius 1 is 1.25 bits per heavy atom. The molecule has 2 atom stereocenters. The molecule has 2 bridgehead atoms. The van der Waals surface area contributed by atoms with Crippen LogP contribution in [-0.4, -0.2) is 50.6 Å². The van der Waals surface area contributed by atoms with Crippen LogP contribution < -0.4 is 15.0 Å². The van der Waals surface area contributed by atoms with Crippen molar-refractivity contribution in [1.29, 1.82) is 0 Å². The SMILES string of the molecule is Cc1cc(N2CC3CCC(C2)C3Nc2nc3c(OCC4CC(F)(F)C4)cccn3n2)sn1. The van der Waals surface area contributed by atoms with Crippen LogP contribution in [0.25, 0.3) is 5.65 Å². The number of nitrogens with one attached hydrogen (secondary N) is 1. The Morgan fingerprint density at radius 3 is 2.72 bits per heavy atom. The maximum atomic E-state index is 13.1. The topological polar surface area (TPSA) is 67.6 Å². The first kappa shape index (κ1) is 20.1. The Morgan fingerprint density at radius 2 is 2.03 bits per heavy atom. The van der Waals surface area contributed by atoms with Crippen LogP contribution in [0.4, 0.5) is 19.7 Å². The highest BCUT2D eigenvalue weighted by Gasteiger charge is 2.45. The van der Waals surface area contributed by atoms with Gasteiger partial charge in [-0.3, -0.25) is 0 Å². The molecule has 170 valence electrons. The van der Waals surface area contributed by atoms with Gasteiger partial charge in [0.1, 0.15) is 5.00 Å². The molecule has 7 nitrogen and oxygen atoms in total. The molecule has 3 aromatic rings. The third-order valence-electron chi connectivity index (χ3n) is 7.03. The van der Waals surface area contributed by atoms with Gasteiger partial charge >= 0.3 is 0 Å². The summed E-state index contributed by atoms with van der Waals surface area (Å²) >= 11 is 1.58. The lowest BCUT2D eigenvalue weighted by Crippen LogP contribution is -2.48. The average Bonchev–Trinajstić information content (AvgIpc) is 3.41. The van der Waals surface area contributed by atoms with Crippen LogP contribution in [0.2, 0.25) is 0 Å². The monoisotopic (exact) mass is 460 g/mol. The second kappa shape index (κ2) is 7.54. The molecule has 3 aromatic heterocycles. The van der Waals surface area contributed by atoms with Crippen LogP contribution in [0.1, 0.15) is 31.4 Å². The van der Waals surface area contributed by atoms with Crippen molar-refractivity contribution in [2.24, 2.45) is 17.8 Å². The van der Waals surface area contributed by atoms with E-state index in [0.717, 1.165) is 18.8 Å². The third kappa shape index (κ3) is 3.68. The van der Waals surface area contributed by atoms with E-state index in [0.29, 0.717) is 35.2 Å². The molecule has 32 heavy (non-hydrogen) atoms. The van der Waals surface area contributed by atoms with Crippen LogP contribution >= 0.6 is 11.5 Å².